The second-order valence-corrected chi connectivity index (χ2v) is 8.23. The van der Waals surface area contributed by atoms with Gasteiger partial charge in [0.05, 0.1) is 27.6 Å². The van der Waals surface area contributed by atoms with Gasteiger partial charge in [-0.25, -0.2) is 15.0 Å². The van der Waals surface area contributed by atoms with Gasteiger partial charge in [0.15, 0.2) is 0 Å². The molecule has 3 aromatic rings. The number of guanidine groups is 1. The molecule has 4 heterocycles. The first-order valence-corrected chi connectivity index (χ1v) is 10.6. The molecule has 2 aliphatic rings. The molecule has 0 bridgehead atoms. The van der Waals surface area contributed by atoms with Crippen LogP contribution >= 0.6 is 11.3 Å². The summed E-state index contributed by atoms with van der Waals surface area (Å²) < 4.78 is 1.08. The third-order valence-corrected chi connectivity index (χ3v) is 5.99. The second-order valence-electron chi connectivity index (χ2n) is 7.34. The number of amides is 1. The van der Waals surface area contributed by atoms with E-state index in [1.165, 1.54) is 0 Å². The molecule has 0 spiro atoms. The van der Waals surface area contributed by atoms with Crippen molar-refractivity contribution < 1.29 is 4.79 Å². The number of hydrogen-bond acceptors (Lipinski definition) is 8. The lowest BCUT2D eigenvalue weighted by Gasteiger charge is -2.33. The van der Waals surface area contributed by atoms with E-state index in [0.717, 1.165) is 53.5 Å². The Kier molecular flexibility index (Phi) is 4.89. The number of benzene rings is 1. The number of thiazole rings is 1. The number of hydrogen-bond donors (Lipinski definition) is 2. The molecule has 0 unspecified atom stereocenters. The largest absolute Gasteiger partial charge is 0.354 e. The van der Waals surface area contributed by atoms with Crippen LogP contribution < -0.4 is 15.5 Å². The van der Waals surface area contributed by atoms with E-state index < -0.39 is 0 Å². The highest BCUT2D eigenvalue weighted by atomic mass is 32.1. The summed E-state index contributed by atoms with van der Waals surface area (Å²) in [5.41, 5.74) is 4.83. The van der Waals surface area contributed by atoms with E-state index >= 15 is 0 Å². The second kappa shape index (κ2) is 7.85. The molecule has 2 aromatic heterocycles. The molecule has 1 aromatic carbocycles. The molecular formula is C21H21N7OS. The van der Waals surface area contributed by atoms with Crippen LogP contribution in [-0.4, -0.2) is 60.0 Å². The Labute approximate surface area is 178 Å². The highest BCUT2D eigenvalue weighted by Gasteiger charge is 2.20. The van der Waals surface area contributed by atoms with Crippen LogP contribution in [0.5, 0.6) is 0 Å². The van der Waals surface area contributed by atoms with Crippen molar-refractivity contribution in [3.63, 3.8) is 0 Å². The Morgan fingerprint density at radius 3 is 2.80 bits per heavy atom. The van der Waals surface area contributed by atoms with E-state index in [9.17, 15) is 4.79 Å². The van der Waals surface area contributed by atoms with E-state index in [1.54, 1.807) is 23.6 Å². The van der Waals surface area contributed by atoms with Gasteiger partial charge < -0.3 is 15.1 Å². The van der Waals surface area contributed by atoms with E-state index in [2.05, 4.69) is 42.4 Å². The minimum absolute atomic E-state index is 0.232. The summed E-state index contributed by atoms with van der Waals surface area (Å²) in [6.45, 7) is 4.02. The Morgan fingerprint density at radius 1 is 1.13 bits per heavy atom. The molecule has 9 heteroatoms. The van der Waals surface area contributed by atoms with Crippen LogP contribution in [0.15, 0.2) is 52.7 Å². The zero-order chi connectivity index (χ0) is 20.5. The maximum atomic E-state index is 12.3. The van der Waals surface area contributed by atoms with Crippen LogP contribution in [0.2, 0.25) is 0 Å². The standard InChI is InChI=1S/C21H21N7OS/c1-27-6-8-28(9-7-27)19-5-3-15(12-22-19)24-21-25-17(20(29)26-21)10-14-2-4-16-18(11-14)30-13-23-16/h2-5,10-13H,6-9H2,1H3,(H2,24,25,26,29)/b17-10-. The van der Waals surface area contributed by atoms with Crippen molar-refractivity contribution in [1.29, 1.82) is 0 Å². The fourth-order valence-corrected chi connectivity index (χ4v) is 4.19. The van der Waals surface area contributed by atoms with Crippen LogP contribution in [0.1, 0.15) is 5.56 Å². The normalized spacial score (nSPS) is 18.7. The zero-order valence-electron chi connectivity index (χ0n) is 16.5. The molecular weight excluding hydrogens is 398 g/mol. The average Bonchev–Trinajstić information content (AvgIpc) is 3.35. The SMILES string of the molecule is CN1CCN(c2ccc(NC3=N/C(=C\c4ccc5ncsc5c4)C(=O)N3)cn2)CC1. The van der Waals surface area contributed by atoms with E-state index in [-0.39, 0.29) is 5.91 Å². The van der Waals surface area contributed by atoms with Gasteiger partial charge in [0.1, 0.15) is 11.5 Å². The monoisotopic (exact) mass is 419 g/mol. The number of rotatable bonds is 3. The van der Waals surface area contributed by atoms with Crippen LogP contribution in [-0.2, 0) is 4.79 Å². The summed E-state index contributed by atoms with van der Waals surface area (Å²) >= 11 is 1.57. The van der Waals surface area contributed by atoms with Crippen molar-refractivity contribution in [2.45, 2.75) is 0 Å². The van der Waals surface area contributed by atoms with Gasteiger partial charge in [-0.1, -0.05) is 6.07 Å². The number of fused-ring (bicyclic) bond motifs is 1. The molecule has 1 fully saturated rings. The maximum absolute atomic E-state index is 12.3. The van der Waals surface area contributed by atoms with Crippen LogP contribution in [0.3, 0.4) is 0 Å². The third-order valence-electron chi connectivity index (χ3n) is 5.19. The molecule has 1 amide bonds. The smallest absolute Gasteiger partial charge is 0.276 e. The van der Waals surface area contributed by atoms with Gasteiger partial charge in [-0.15, -0.1) is 11.3 Å². The summed E-state index contributed by atoms with van der Waals surface area (Å²) in [4.78, 5) is 30.1. The van der Waals surface area contributed by atoms with Crippen LogP contribution in [0.4, 0.5) is 11.5 Å². The Hall–Kier alpha value is -3.30. The Balaban J connectivity index is 1.28. The molecule has 2 aliphatic heterocycles. The van der Waals surface area contributed by atoms with Crippen molar-refractivity contribution in [1.82, 2.24) is 20.2 Å². The highest BCUT2D eigenvalue weighted by Crippen LogP contribution is 2.22. The molecule has 5 rings (SSSR count). The molecule has 152 valence electrons. The molecule has 0 atom stereocenters. The van der Waals surface area contributed by atoms with E-state index in [4.69, 9.17) is 0 Å². The number of carbonyl (C=O) groups excluding carboxylic acids is 1. The summed E-state index contributed by atoms with van der Waals surface area (Å²) in [6.07, 6.45) is 3.54. The minimum atomic E-state index is -0.232. The topological polar surface area (TPSA) is 85.8 Å². The summed E-state index contributed by atoms with van der Waals surface area (Å²) in [7, 11) is 2.13. The predicted octanol–water partition coefficient (Wildman–Crippen LogP) is 2.38. The van der Waals surface area contributed by atoms with Crippen molar-refractivity contribution >= 4 is 51.0 Å². The first-order valence-electron chi connectivity index (χ1n) is 9.76. The summed E-state index contributed by atoms with van der Waals surface area (Å²) in [6, 6.07) is 9.84. The predicted molar refractivity (Wildman–Crippen MR) is 121 cm³/mol. The van der Waals surface area contributed by atoms with E-state index in [1.807, 2.05) is 35.8 Å². The summed E-state index contributed by atoms with van der Waals surface area (Å²) in [5.74, 6) is 1.13. The molecule has 2 N–H and O–H groups in total. The summed E-state index contributed by atoms with van der Waals surface area (Å²) in [5, 5.41) is 5.90. The van der Waals surface area contributed by atoms with Crippen molar-refractivity contribution in [2.75, 3.05) is 43.4 Å². The van der Waals surface area contributed by atoms with Gasteiger partial charge in [0.25, 0.3) is 5.91 Å². The Morgan fingerprint density at radius 2 is 2.00 bits per heavy atom. The lowest BCUT2D eigenvalue weighted by atomic mass is 10.2. The number of aliphatic imine (C=N–C) groups is 1. The van der Waals surface area contributed by atoms with Crippen LogP contribution in [0, 0.1) is 0 Å². The number of nitrogens with one attached hydrogen (secondary N) is 2. The number of anilines is 2. The maximum Gasteiger partial charge on any atom is 0.276 e. The van der Waals surface area contributed by atoms with Gasteiger partial charge in [-0.3, -0.25) is 10.1 Å². The number of nitrogens with zero attached hydrogens (tertiary/aromatic N) is 5. The first-order chi connectivity index (χ1) is 14.6. The quantitative estimate of drug-likeness (QED) is 0.634. The lowest BCUT2D eigenvalue weighted by Crippen LogP contribution is -2.44. The highest BCUT2D eigenvalue weighted by molar-refractivity contribution is 7.16. The fraction of sp³-hybridized carbons (Fsp3) is 0.238. The first kappa shape index (κ1) is 18.7. The Bertz CT molecular complexity index is 1140. The minimum Gasteiger partial charge on any atom is -0.354 e. The number of pyridine rings is 1. The number of piperazine rings is 1. The van der Waals surface area contributed by atoms with Crippen LogP contribution in [0.25, 0.3) is 16.3 Å². The van der Waals surface area contributed by atoms with Crippen molar-refractivity contribution in [3.05, 3.63) is 53.3 Å². The van der Waals surface area contributed by atoms with Gasteiger partial charge in [0.2, 0.25) is 5.96 Å². The number of carbonyl (C=O) groups is 1. The zero-order valence-corrected chi connectivity index (χ0v) is 17.3. The third kappa shape index (κ3) is 3.89. The van der Waals surface area contributed by atoms with Gasteiger partial charge in [0, 0.05) is 26.2 Å². The van der Waals surface area contributed by atoms with E-state index in [0.29, 0.717) is 11.7 Å². The fourth-order valence-electron chi connectivity index (χ4n) is 3.47. The molecule has 0 radical (unpaired) electrons. The average molecular weight is 420 g/mol. The molecule has 0 aliphatic carbocycles. The molecule has 8 nitrogen and oxygen atoms in total. The number of likely N-dealkylation sites (N-methyl/N-ethyl adjacent to an activating group) is 1. The van der Waals surface area contributed by atoms with Crippen molar-refractivity contribution in [3.8, 4) is 0 Å². The lowest BCUT2D eigenvalue weighted by molar-refractivity contribution is -0.115. The van der Waals surface area contributed by atoms with Gasteiger partial charge in [-0.05, 0) is 43.0 Å². The molecule has 1 saturated heterocycles. The number of aromatic nitrogens is 2. The molecule has 30 heavy (non-hydrogen) atoms. The van der Waals surface area contributed by atoms with Crippen molar-refractivity contribution in [2.24, 2.45) is 4.99 Å². The van der Waals surface area contributed by atoms with Gasteiger partial charge in [-0.2, -0.15) is 0 Å². The van der Waals surface area contributed by atoms with Gasteiger partial charge >= 0.3 is 0 Å². The molecule has 0 saturated carbocycles.